The second-order valence-corrected chi connectivity index (χ2v) is 6.48. The summed E-state index contributed by atoms with van der Waals surface area (Å²) < 4.78 is 6.11. The normalized spacial score (nSPS) is 29.7. The smallest absolute Gasteiger partial charge is 0.0697 e. The maximum atomic E-state index is 9.44. The largest absolute Gasteiger partial charge is 0.395 e. The highest BCUT2D eigenvalue weighted by Gasteiger charge is 2.38. The summed E-state index contributed by atoms with van der Waals surface area (Å²) >= 11 is 0. The molecule has 1 heterocycles. The molecular weight excluding hydrogens is 226 g/mol. The van der Waals surface area contributed by atoms with Crippen LogP contribution in [0.3, 0.4) is 0 Å². The van der Waals surface area contributed by atoms with Gasteiger partial charge in [-0.3, -0.25) is 0 Å². The van der Waals surface area contributed by atoms with E-state index in [1.807, 2.05) is 0 Å². The van der Waals surface area contributed by atoms with Crippen molar-refractivity contribution < 1.29 is 9.84 Å². The molecule has 2 aliphatic rings. The lowest BCUT2D eigenvalue weighted by molar-refractivity contribution is -0.111. The van der Waals surface area contributed by atoms with E-state index in [2.05, 4.69) is 19.2 Å². The average Bonchev–Trinajstić information content (AvgIpc) is 2.36. The van der Waals surface area contributed by atoms with Crippen LogP contribution < -0.4 is 5.32 Å². The van der Waals surface area contributed by atoms with Gasteiger partial charge >= 0.3 is 0 Å². The minimum Gasteiger partial charge on any atom is -0.395 e. The van der Waals surface area contributed by atoms with Crippen molar-refractivity contribution in [3.63, 3.8) is 0 Å². The van der Waals surface area contributed by atoms with Crippen LogP contribution in [0, 0.1) is 5.92 Å². The van der Waals surface area contributed by atoms with Crippen LogP contribution in [-0.2, 0) is 4.74 Å². The van der Waals surface area contributed by atoms with Gasteiger partial charge in [0.1, 0.15) is 0 Å². The van der Waals surface area contributed by atoms with Crippen molar-refractivity contribution in [2.45, 2.75) is 76.5 Å². The quantitative estimate of drug-likeness (QED) is 0.811. The van der Waals surface area contributed by atoms with E-state index >= 15 is 0 Å². The standard InChI is InChI=1S/C15H29NO2/c1-12(2)14(11-17)16-13-6-9-18-15(10-13)7-4-3-5-8-15/h12-14,16-17H,3-11H2,1-2H3/t13?,14-/m1/s1. The molecular formula is C15H29NO2. The Morgan fingerprint density at radius 1 is 1.28 bits per heavy atom. The number of hydrogen-bond acceptors (Lipinski definition) is 3. The van der Waals surface area contributed by atoms with Gasteiger partial charge in [0.15, 0.2) is 0 Å². The summed E-state index contributed by atoms with van der Waals surface area (Å²) in [6.45, 7) is 5.46. The van der Waals surface area contributed by atoms with Crippen LogP contribution in [-0.4, -0.2) is 36.0 Å². The SMILES string of the molecule is CC(C)[C@@H](CO)NC1CCOC2(CCCCC2)C1. The van der Waals surface area contributed by atoms with E-state index in [-0.39, 0.29) is 18.2 Å². The van der Waals surface area contributed by atoms with E-state index in [0.717, 1.165) is 19.4 Å². The van der Waals surface area contributed by atoms with Crippen molar-refractivity contribution >= 4 is 0 Å². The van der Waals surface area contributed by atoms with E-state index < -0.39 is 0 Å². The zero-order valence-corrected chi connectivity index (χ0v) is 12.0. The lowest BCUT2D eigenvalue weighted by Gasteiger charge is -2.44. The number of aliphatic hydroxyl groups excluding tert-OH is 1. The number of nitrogens with one attached hydrogen (secondary N) is 1. The Hall–Kier alpha value is -0.120. The van der Waals surface area contributed by atoms with Crippen molar-refractivity contribution in [1.29, 1.82) is 0 Å². The molecule has 2 atom stereocenters. The summed E-state index contributed by atoms with van der Waals surface area (Å²) in [5.41, 5.74) is 0.158. The van der Waals surface area contributed by atoms with Gasteiger partial charge in [0.2, 0.25) is 0 Å². The lowest BCUT2D eigenvalue weighted by atomic mass is 9.78. The van der Waals surface area contributed by atoms with Crippen LogP contribution in [0.4, 0.5) is 0 Å². The van der Waals surface area contributed by atoms with E-state index in [1.165, 1.54) is 32.1 Å². The summed E-state index contributed by atoms with van der Waals surface area (Å²) in [4.78, 5) is 0. The maximum Gasteiger partial charge on any atom is 0.0697 e. The Morgan fingerprint density at radius 3 is 2.61 bits per heavy atom. The lowest BCUT2D eigenvalue weighted by Crippen LogP contribution is -2.52. The van der Waals surface area contributed by atoms with Crippen molar-refractivity contribution in [3.05, 3.63) is 0 Å². The van der Waals surface area contributed by atoms with Gasteiger partial charge < -0.3 is 15.2 Å². The highest BCUT2D eigenvalue weighted by Crippen LogP contribution is 2.38. The molecule has 1 aliphatic heterocycles. The Morgan fingerprint density at radius 2 is 2.00 bits per heavy atom. The zero-order chi connectivity index (χ0) is 13.0. The van der Waals surface area contributed by atoms with Gasteiger partial charge in [-0.15, -0.1) is 0 Å². The molecule has 1 aliphatic carbocycles. The first kappa shape index (κ1) is 14.3. The summed E-state index contributed by atoms with van der Waals surface area (Å²) in [5.74, 6) is 0.486. The van der Waals surface area contributed by atoms with Gasteiger partial charge in [-0.2, -0.15) is 0 Å². The maximum absolute atomic E-state index is 9.44. The molecule has 0 amide bonds. The molecule has 1 saturated carbocycles. The van der Waals surface area contributed by atoms with E-state index in [1.54, 1.807) is 0 Å². The molecule has 0 bridgehead atoms. The van der Waals surface area contributed by atoms with Crippen LogP contribution >= 0.6 is 0 Å². The van der Waals surface area contributed by atoms with Crippen LogP contribution in [0.15, 0.2) is 0 Å². The van der Waals surface area contributed by atoms with Gasteiger partial charge in [-0.05, 0) is 31.6 Å². The molecule has 2 rings (SSSR count). The molecule has 3 heteroatoms. The molecule has 0 aromatic rings. The molecule has 18 heavy (non-hydrogen) atoms. The number of ether oxygens (including phenoxy) is 1. The molecule has 0 aromatic heterocycles. The van der Waals surface area contributed by atoms with E-state index in [4.69, 9.17) is 4.74 Å². The third kappa shape index (κ3) is 3.46. The molecule has 1 unspecified atom stereocenters. The van der Waals surface area contributed by atoms with Crippen LogP contribution in [0.5, 0.6) is 0 Å². The third-order valence-corrected chi connectivity index (χ3v) is 4.71. The average molecular weight is 255 g/mol. The summed E-state index contributed by atoms with van der Waals surface area (Å²) in [6, 6.07) is 0.755. The second-order valence-electron chi connectivity index (χ2n) is 6.48. The molecule has 106 valence electrons. The fraction of sp³-hybridized carbons (Fsp3) is 1.00. The van der Waals surface area contributed by atoms with E-state index in [9.17, 15) is 5.11 Å². The predicted molar refractivity (Wildman–Crippen MR) is 73.6 cm³/mol. The molecule has 2 N–H and O–H groups in total. The second kappa shape index (κ2) is 6.36. The first-order valence-corrected chi connectivity index (χ1v) is 7.66. The summed E-state index contributed by atoms with van der Waals surface area (Å²) in [7, 11) is 0. The van der Waals surface area contributed by atoms with Crippen LogP contribution in [0.2, 0.25) is 0 Å². The van der Waals surface area contributed by atoms with Gasteiger partial charge in [0, 0.05) is 18.7 Å². The Bertz CT molecular complexity index is 243. The van der Waals surface area contributed by atoms with E-state index in [0.29, 0.717) is 12.0 Å². The first-order valence-electron chi connectivity index (χ1n) is 7.66. The number of rotatable bonds is 4. The van der Waals surface area contributed by atoms with Crippen LogP contribution in [0.25, 0.3) is 0 Å². The van der Waals surface area contributed by atoms with Crippen LogP contribution in [0.1, 0.15) is 58.8 Å². The Kier molecular flexibility index (Phi) is 5.05. The fourth-order valence-corrected chi connectivity index (χ4v) is 3.47. The van der Waals surface area contributed by atoms with Gasteiger partial charge in [-0.1, -0.05) is 33.1 Å². The number of aliphatic hydroxyl groups is 1. The molecule has 1 spiro atoms. The summed E-state index contributed by atoms with van der Waals surface area (Å²) in [6.07, 6.45) is 8.70. The monoisotopic (exact) mass is 255 g/mol. The highest BCUT2D eigenvalue weighted by atomic mass is 16.5. The molecule has 1 saturated heterocycles. The van der Waals surface area contributed by atoms with Crippen molar-refractivity contribution in [1.82, 2.24) is 5.32 Å². The Labute approximate surface area is 111 Å². The van der Waals surface area contributed by atoms with Gasteiger partial charge in [-0.25, -0.2) is 0 Å². The third-order valence-electron chi connectivity index (χ3n) is 4.71. The molecule has 0 radical (unpaired) electrons. The number of hydrogen-bond donors (Lipinski definition) is 2. The first-order chi connectivity index (χ1) is 8.65. The minimum atomic E-state index is 0.158. The predicted octanol–water partition coefficient (Wildman–Crippen LogP) is 2.47. The van der Waals surface area contributed by atoms with Gasteiger partial charge in [0.25, 0.3) is 0 Å². The van der Waals surface area contributed by atoms with Gasteiger partial charge in [0.05, 0.1) is 12.2 Å². The summed E-state index contributed by atoms with van der Waals surface area (Å²) in [5, 5.41) is 13.1. The minimum absolute atomic E-state index is 0.158. The molecule has 0 aromatic carbocycles. The van der Waals surface area contributed by atoms with Crippen molar-refractivity contribution in [3.8, 4) is 0 Å². The van der Waals surface area contributed by atoms with Crippen molar-refractivity contribution in [2.24, 2.45) is 5.92 Å². The highest BCUT2D eigenvalue weighted by molar-refractivity contribution is 4.93. The zero-order valence-electron chi connectivity index (χ0n) is 12.0. The molecule has 2 fully saturated rings. The molecule has 3 nitrogen and oxygen atoms in total. The fourth-order valence-electron chi connectivity index (χ4n) is 3.47. The van der Waals surface area contributed by atoms with Crippen molar-refractivity contribution in [2.75, 3.05) is 13.2 Å². The Balaban J connectivity index is 1.89. The topological polar surface area (TPSA) is 41.5 Å².